The first-order chi connectivity index (χ1) is 13.5. The Labute approximate surface area is 174 Å². The molecule has 1 aromatic carbocycles. The largest absolute Gasteiger partial charge is 0.444 e. The third-order valence-corrected chi connectivity index (χ3v) is 7.34. The number of rotatable bonds is 6. The van der Waals surface area contributed by atoms with Crippen LogP contribution >= 0.6 is 0 Å². The highest BCUT2D eigenvalue weighted by molar-refractivity contribution is 7.86. The summed E-state index contributed by atoms with van der Waals surface area (Å²) < 4.78 is 35.1. The fourth-order valence-corrected chi connectivity index (χ4v) is 5.13. The van der Waals surface area contributed by atoms with Gasteiger partial charge < -0.3 is 9.64 Å². The predicted molar refractivity (Wildman–Crippen MR) is 111 cm³/mol. The van der Waals surface area contributed by atoms with Crippen LogP contribution in [0.5, 0.6) is 0 Å². The lowest BCUT2D eigenvalue weighted by Crippen LogP contribution is -2.42. The normalized spacial score (nSPS) is 21.2. The lowest BCUT2D eigenvalue weighted by Gasteiger charge is -2.34. The van der Waals surface area contributed by atoms with E-state index in [1.165, 1.54) is 6.42 Å². The molecule has 1 amide bonds. The van der Waals surface area contributed by atoms with Crippen molar-refractivity contribution >= 4 is 16.2 Å². The van der Waals surface area contributed by atoms with Crippen molar-refractivity contribution in [1.29, 1.82) is 0 Å². The van der Waals surface area contributed by atoms with Gasteiger partial charge in [-0.15, -0.1) is 0 Å². The maximum Gasteiger partial charge on any atom is 0.410 e. The number of amides is 1. The molecule has 1 aliphatic heterocycles. The van der Waals surface area contributed by atoms with Crippen LogP contribution in [0.25, 0.3) is 0 Å². The zero-order chi connectivity index (χ0) is 21.3. The molecule has 0 bridgehead atoms. The molecule has 1 atom stereocenters. The van der Waals surface area contributed by atoms with Gasteiger partial charge in [0.1, 0.15) is 5.60 Å². The zero-order valence-corrected chi connectivity index (χ0v) is 18.8. The average Bonchev–Trinajstić information content (AvgIpc) is 3.30. The number of likely N-dealkylation sites (tertiary alicyclic amines) is 1. The predicted octanol–water partition coefficient (Wildman–Crippen LogP) is 4.52. The van der Waals surface area contributed by atoms with Crippen LogP contribution in [0.1, 0.15) is 58.4 Å². The molecular weight excluding hydrogens is 390 g/mol. The van der Waals surface area contributed by atoms with E-state index in [-0.39, 0.29) is 17.6 Å². The number of ether oxygens (including phenoxy) is 1. The second-order valence-corrected chi connectivity index (χ2v) is 11.1. The van der Waals surface area contributed by atoms with E-state index in [1.807, 2.05) is 32.6 Å². The van der Waals surface area contributed by atoms with Crippen LogP contribution in [0.3, 0.4) is 0 Å². The molecule has 2 fully saturated rings. The van der Waals surface area contributed by atoms with E-state index in [4.69, 9.17) is 8.92 Å². The standard InChI is InChI=1S/C22H33NO5S/c1-17-7-9-19(10-8-17)29(25,26)27-15-5-6-18-16-22(18)11-13-23(14-12-22)20(24)28-21(2,3)4/h7-10,18H,5-6,11-16H2,1-4H3. The van der Waals surface area contributed by atoms with Gasteiger partial charge in [-0.25, -0.2) is 4.79 Å². The van der Waals surface area contributed by atoms with Crippen LogP contribution in [0.15, 0.2) is 29.2 Å². The average molecular weight is 424 g/mol. The van der Waals surface area contributed by atoms with E-state index in [1.54, 1.807) is 24.3 Å². The van der Waals surface area contributed by atoms with Crippen LogP contribution in [0.2, 0.25) is 0 Å². The summed E-state index contributed by atoms with van der Waals surface area (Å²) in [4.78, 5) is 14.2. The minimum Gasteiger partial charge on any atom is -0.444 e. The van der Waals surface area contributed by atoms with Gasteiger partial charge in [0, 0.05) is 13.1 Å². The van der Waals surface area contributed by atoms with Gasteiger partial charge in [-0.2, -0.15) is 8.42 Å². The summed E-state index contributed by atoms with van der Waals surface area (Å²) in [6, 6.07) is 6.71. The monoisotopic (exact) mass is 423 g/mol. The molecular formula is C22H33NO5S. The molecule has 1 heterocycles. The molecule has 29 heavy (non-hydrogen) atoms. The van der Waals surface area contributed by atoms with E-state index >= 15 is 0 Å². The van der Waals surface area contributed by atoms with Crippen molar-refractivity contribution in [2.75, 3.05) is 19.7 Å². The van der Waals surface area contributed by atoms with Gasteiger partial charge in [0.2, 0.25) is 0 Å². The first-order valence-corrected chi connectivity index (χ1v) is 11.9. The zero-order valence-electron chi connectivity index (χ0n) is 17.9. The van der Waals surface area contributed by atoms with Crippen LogP contribution < -0.4 is 0 Å². The highest BCUT2D eigenvalue weighted by Gasteiger charge is 2.54. The minimum absolute atomic E-state index is 0.209. The van der Waals surface area contributed by atoms with Crippen LogP contribution in [-0.4, -0.2) is 44.7 Å². The van der Waals surface area contributed by atoms with E-state index in [9.17, 15) is 13.2 Å². The van der Waals surface area contributed by atoms with Crippen LogP contribution in [0.4, 0.5) is 4.79 Å². The first-order valence-electron chi connectivity index (χ1n) is 10.4. The van der Waals surface area contributed by atoms with Crippen LogP contribution in [0, 0.1) is 18.3 Å². The second kappa shape index (κ2) is 8.26. The van der Waals surface area contributed by atoms with E-state index in [0.29, 0.717) is 11.3 Å². The topological polar surface area (TPSA) is 72.9 Å². The molecule has 3 rings (SSSR count). The van der Waals surface area contributed by atoms with Gasteiger partial charge in [-0.3, -0.25) is 4.18 Å². The summed E-state index contributed by atoms with van der Waals surface area (Å²) in [6.45, 7) is 9.26. The number of hydrogen-bond donors (Lipinski definition) is 0. The Bertz CT molecular complexity index is 818. The summed E-state index contributed by atoms with van der Waals surface area (Å²) >= 11 is 0. The van der Waals surface area contributed by atoms with E-state index in [0.717, 1.165) is 44.3 Å². The highest BCUT2D eigenvalue weighted by atomic mass is 32.2. The summed E-state index contributed by atoms with van der Waals surface area (Å²) in [5.41, 5.74) is 0.877. The van der Waals surface area contributed by atoms with Gasteiger partial charge in [0.25, 0.3) is 10.1 Å². The maximum absolute atomic E-state index is 12.2. The van der Waals surface area contributed by atoms with Crippen molar-refractivity contribution in [3.05, 3.63) is 29.8 Å². The Kier molecular flexibility index (Phi) is 6.30. The molecule has 1 saturated heterocycles. The number of piperidine rings is 1. The summed E-state index contributed by atoms with van der Waals surface area (Å²) in [6.07, 6.45) is 4.64. The number of carbonyl (C=O) groups is 1. The number of nitrogens with zero attached hydrogens (tertiary/aromatic N) is 1. The number of carbonyl (C=O) groups excluding carboxylic acids is 1. The number of aryl methyl sites for hydroxylation is 1. The van der Waals surface area contributed by atoms with Crippen molar-refractivity contribution in [2.24, 2.45) is 11.3 Å². The van der Waals surface area contributed by atoms with Gasteiger partial charge >= 0.3 is 6.09 Å². The molecule has 1 spiro atoms. The Morgan fingerprint density at radius 1 is 1.17 bits per heavy atom. The summed E-state index contributed by atoms with van der Waals surface area (Å²) in [5, 5.41) is 0. The Morgan fingerprint density at radius 2 is 1.79 bits per heavy atom. The lowest BCUT2D eigenvalue weighted by atomic mass is 9.90. The molecule has 1 saturated carbocycles. The number of benzene rings is 1. The van der Waals surface area contributed by atoms with Crippen molar-refractivity contribution < 1.29 is 22.1 Å². The molecule has 162 valence electrons. The van der Waals surface area contributed by atoms with Gasteiger partial charge in [0.05, 0.1) is 11.5 Å². The maximum atomic E-state index is 12.2. The van der Waals surface area contributed by atoms with Crippen molar-refractivity contribution in [3.8, 4) is 0 Å². The SMILES string of the molecule is Cc1ccc(S(=O)(=O)OCCCC2CC23CCN(C(=O)OC(C)(C)C)CC3)cc1. The smallest absolute Gasteiger partial charge is 0.410 e. The highest BCUT2D eigenvalue weighted by Crippen LogP contribution is 2.61. The quantitative estimate of drug-likeness (QED) is 0.497. The third-order valence-electron chi connectivity index (χ3n) is 6.01. The van der Waals surface area contributed by atoms with Gasteiger partial charge in [0.15, 0.2) is 0 Å². The fraction of sp³-hybridized carbons (Fsp3) is 0.682. The van der Waals surface area contributed by atoms with Gasteiger partial charge in [-0.1, -0.05) is 17.7 Å². The third kappa shape index (κ3) is 5.72. The minimum atomic E-state index is -3.68. The molecule has 0 radical (unpaired) electrons. The van der Waals surface area contributed by atoms with Crippen LogP contribution in [-0.2, 0) is 19.0 Å². The van der Waals surface area contributed by atoms with Crippen molar-refractivity contribution in [1.82, 2.24) is 4.90 Å². The Balaban J connectivity index is 1.38. The molecule has 1 aromatic rings. The van der Waals surface area contributed by atoms with Gasteiger partial charge in [-0.05, 0) is 83.3 Å². The molecule has 7 heteroatoms. The molecule has 6 nitrogen and oxygen atoms in total. The molecule has 1 unspecified atom stereocenters. The van der Waals surface area contributed by atoms with E-state index in [2.05, 4.69) is 0 Å². The fourth-order valence-electron chi connectivity index (χ4n) is 4.18. The number of hydrogen-bond acceptors (Lipinski definition) is 5. The summed E-state index contributed by atoms with van der Waals surface area (Å²) in [7, 11) is -3.68. The summed E-state index contributed by atoms with van der Waals surface area (Å²) in [5.74, 6) is 0.606. The van der Waals surface area contributed by atoms with Crippen molar-refractivity contribution in [3.63, 3.8) is 0 Å². The molecule has 1 aliphatic carbocycles. The Morgan fingerprint density at radius 3 is 2.38 bits per heavy atom. The first kappa shape index (κ1) is 22.1. The Hall–Kier alpha value is -1.60. The second-order valence-electron chi connectivity index (χ2n) is 9.46. The molecule has 2 aliphatic rings. The van der Waals surface area contributed by atoms with Crippen molar-refractivity contribution in [2.45, 2.75) is 70.3 Å². The lowest BCUT2D eigenvalue weighted by molar-refractivity contribution is 0.0164. The molecule has 0 aromatic heterocycles. The van der Waals surface area contributed by atoms with E-state index < -0.39 is 15.7 Å². The molecule has 0 N–H and O–H groups in total.